The number of hydrogen-bond donors (Lipinski definition) is 0. The van der Waals surface area contributed by atoms with Gasteiger partial charge in [-0.25, -0.2) is 0 Å². The van der Waals surface area contributed by atoms with Crippen LogP contribution in [0, 0.1) is 0 Å². The van der Waals surface area contributed by atoms with E-state index in [1.807, 2.05) is 30.3 Å². The lowest BCUT2D eigenvalue weighted by molar-refractivity contribution is 0.105. The van der Waals surface area contributed by atoms with Gasteiger partial charge in [0.1, 0.15) is 5.76 Å². The lowest BCUT2D eigenvalue weighted by atomic mass is 9.81. The van der Waals surface area contributed by atoms with E-state index in [0.29, 0.717) is 0 Å². The van der Waals surface area contributed by atoms with E-state index in [9.17, 15) is 4.79 Å². The summed E-state index contributed by atoms with van der Waals surface area (Å²) in [5.41, 5.74) is 3.96. The number of ketones is 1. The molecule has 0 N–H and O–H groups in total. The second kappa shape index (κ2) is 4.07. The molecule has 4 rings (SSSR count). The summed E-state index contributed by atoms with van der Waals surface area (Å²) in [6, 6.07) is 14.1. The molecular weight excluding hydrogens is 248 g/mol. The van der Waals surface area contributed by atoms with E-state index in [1.165, 1.54) is 0 Å². The predicted molar refractivity (Wildman–Crippen MR) is 78.5 cm³/mol. The zero-order chi connectivity index (χ0) is 13.7. The molecule has 0 amide bonds. The summed E-state index contributed by atoms with van der Waals surface area (Å²) in [4.78, 5) is 12.7. The predicted octanol–water partition coefficient (Wildman–Crippen LogP) is 2.25. The average Bonchev–Trinajstić information content (AvgIpc) is 2.52. The van der Waals surface area contributed by atoms with Gasteiger partial charge in [0.05, 0.1) is 7.11 Å². The van der Waals surface area contributed by atoms with Gasteiger partial charge < -0.3 is 4.74 Å². The Morgan fingerprint density at radius 3 is 2.45 bits per heavy atom. The Morgan fingerprint density at radius 1 is 0.900 bits per heavy atom. The van der Waals surface area contributed by atoms with Gasteiger partial charge in [-0.15, -0.1) is 0 Å². The number of ether oxygens (including phenoxy) is 1. The summed E-state index contributed by atoms with van der Waals surface area (Å²) in [6.07, 6.45) is 1.57. The Bertz CT molecular complexity index is 859. The van der Waals surface area contributed by atoms with Gasteiger partial charge >= 0.3 is 0 Å². The molecule has 0 fully saturated rings. The molecule has 0 aromatic heterocycles. The van der Waals surface area contributed by atoms with Crippen molar-refractivity contribution in [3.63, 3.8) is 0 Å². The summed E-state index contributed by atoms with van der Waals surface area (Å²) in [6.45, 7) is 0. The van der Waals surface area contributed by atoms with Crippen molar-refractivity contribution in [2.45, 2.75) is 12.8 Å². The molecule has 0 saturated heterocycles. The molecule has 98 valence electrons. The first kappa shape index (κ1) is 11.5. The summed E-state index contributed by atoms with van der Waals surface area (Å²) < 4.78 is 5.50. The van der Waals surface area contributed by atoms with Crippen molar-refractivity contribution < 1.29 is 9.53 Å². The van der Waals surface area contributed by atoms with Crippen LogP contribution in [0.4, 0.5) is 0 Å². The Hall–Kier alpha value is -2.35. The average molecular weight is 262 g/mol. The van der Waals surface area contributed by atoms with E-state index in [4.69, 9.17) is 4.74 Å². The SMILES string of the molecule is COC1=c2cccc3c2=C(CC1)C(=O)c1ccccc1-3. The standard InChI is InChI=1S/C18H14O2/c1-20-16-10-9-15-17-12(7-4-8-14(16)17)11-5-2-3-6-13(11)18(15)19/h2-8H,9-10H2,1H3. The fourth-order valence-corrected chi connectivity index (χ4v) is 3.35. The van der Waals surface area contributed by atoms with Crippen molar-refractivity contribution in [2.24, 2.45) is 0 Å². The first-order valence-electron chi connectivity index (χ1n) is 6.84. The number of hydrogen-bond acceptors (Lipinski definition) is 2. The molecule has 2 nitrogen and oxygen atoms in total. The maximum atomic E-state index is 12.7. The van der Waals surface area contributed by atoms with Crippen molar-refractivity contribution in [1.82, 2.24) is 0 Å². The zero-order valence-electron chi connectivity index (χ0n) is 11.3. The number of fused-ring (bicyclic) bond motifs is 2. The molecule has 2 aromatic rings. The summed E-state index contributed by atoms with van der Waals surface area (Å²) in [7, 11) is 1.71. The minimum atomic E-state index is 0.177. The number of benzene rings is 2. The van der Waals surface area contributed by atoms with Gasteiger partial charge in [-0.2, -0.15) is 0 Å². The van der Waals surface area contributed by atoms with Crippen LogP contribution >= 0.6 is 0 Å². The normalized spacial score (nSPS) is 15.8. The first-order valence-corrected chi connectivity index (χ1v) is 6.84. The number of Topliss-reactive ketones (excluding diaryl/α,β-unsaturated/α-hetero) is 1. The van der Waals surface area contributed by atoms with Crippen molar-refractivity contribution in [1.29, 1.82) is 0 Å². The van der Waals surface area contributed by atoms with E-state index in [2.05, 4.69) is 12.1 Å². The van der Waals surface area contributed by atoms with Gasteiger partial charge in [0.2, 0.25) is 0 Å². The number of methoxy groups -OCH3 is 1. The van der Waals surface area contributed by atoms with Crippen LogP contribution in [0.3, 0.4) is 0 Å². The van der Waals surface area contributed by atoms with Crippen molar-refractivity contribution >= 4 is 17.1 Å². The number of carbonyl (C=O) groups is 1. The highest BCUT2D eigenvalue weighted by atomic mass is 16.5. The molecule has 0 unspecified atom stereocenters. The highest BCUT2D eigenvalue weighted by Crippen LogP contribution is 2.30. The van der Waals surface area contributed by atoms with Crippen LogP contribution in [-0.4, -0.2) is 12.9 Å². The molecule has 0 aliphatic heterocycles. The van der Waals surface area contributed by atoms with Crippen LogP contribution in [0.1, 0.15) is 23.2 Å². The second-order valence-corrected chi connectivity index (χ2v) is 5.21. The van der Waals surface area contributed by atoms with Crippen molar-refractivity contribution in [3.8, 4) is 11.1 Å². The monoisotopic (exact) mass is 262 g/mol. The Morgan fingerprint density at radius 2 is 1.65 bits per heavy atom. The topological polar surface area (TPSA) is 26.3 Å². The van der Waals surface area contributed by atoms with Gasteiger partial charge in [-0.3, -0.25) is 4.79 Å². The van der Waals surface area contributed by atoms with Crippen molar-refractivity contribution in [3.05, 3.63) is 58.5 Å². The van der Waals surface area contributed by atoms with Crippen molar-refractivity contribution in [2.75, 3.05) is 7.11 Å². The largest absolute Gasteiger partial charge is 0.500 e. The Kier molecular flexibility index (Phi) is 2.34. The molecule has 20 heavy (non-hydrogen) atoms. The maximum Gasteiger partial charge on any atom is 0.190 e. The van der Waals surface area contributed by atoms with Gasteiger partial charge in [0.25, 0.3) is 0 Å². The fourth-order valence-electron chi connectivity index (χ4n) is 3.35. The van der Waals surface area contributed by atoms with Crippen LogP contribution in [0.2, 0.25) is 0 Å². The van der Waals surface area contributed by atoms with Crippen LogP contribution < -0.4 is 10.4 Å². The summed E-state index contributed by atoms with van der Waals surface area (Å²) >= 11 is 0. The van der Waals surface area contributed by atoms with E-state index < -0.39 is 0 Å². The molecule has 2 aliphatic rings. The van der Waals surface area contributed by atoms with Crippen LogP contribution in [0.5, 0.6) is 0 Å². The molecule has 0 bridgehead atoms. The van der Waals surface area contributed by atoms with Gasteiger partial charge in [0, 0.05) is 22.8 Å². The molecule has 0 spiro atoms. The first-order chi connectivity index (χ1) is 9.81. The lowest BCUT2D eigenvalue weighted by Gasteiger charge is -2.23. The van der Waals surface area contributed by atoms with Gasteiger partial charge in [-0.05, 0) is 22.8 Å². The molecule has 0 radical (unpaired) electrons. The molecule has 2 aliphatic carbocycles. The fraction of sp³-hybridized carbons (Fsp3) is 0.167. The molecule has 2 heteroatoms. The zero-order valence-corrected chi connectivity index (χ0v) is 11.3. The maximum absolute atomic E-state index is 12.7. The van der Waals surface area contributed by atoms with E-state index in [-0.39, 0.29) is 5.78 Å². The third-order valence-electron chi connectivity index (χ3n) is 4.25. The quantitative estimate of drug-likeness (QED) is 0.788. The highest BCUT2D eigenvalue weighted by molar-refractivity contribution is 6.28. The summed E-state index contributed by atoms with van der Waals surface area (Å²) in [5.74, 6) is 1.16. The summed E-state index contributed by atoms with van der Waals surface area (Å²) in [5, 5.41) is 2.16. The van der Waals surface area contributed by atoms with Crippen LogP contribution in [0.25, 0.3) is 22.5 Å². The van der Waals surface area contributed by atoms with Gasteiger partial charge in [0.15, 0.2) is 5.78 Å². The molecular formula is C18H14O2. The third-order valence-corrected chi connectivity index (χ3v) is 4.25. The lowest BCUT2D eigenvalue weighted by Crippen LogP contribution is -2.38. The van der Waals surface area contributed by atoms with Crippen LogP contribution in [0.15, 0.2) is 42.5 Å². The van der Waals surface area contributed by atoms with E-state index >= 15 is 0 Å². The smallest absolute Gasteiger partial charge is 0.190 e. The number of carbonyl (C=O) groups excluding carboxylic acids is 1. The minimum Gasteiger partial charge on any atom is -0.500 e. The minimum absolute atomic E-state index is 0.177. The van der Waals surface area contributed by atoms with Gasteiger partial charge in [-0.1, -0.05) is 42.5 Å². The highest BCUT2D eigenvalue weighted by Gasteiger charge is 2.27. The van der Waals surface area contributed by atoms with E-state index in [0.717, 1.165) is 51.3 Å². The Balaban J connectivity index is 2.24. The third kappa shape index (κ3) is 1.36. The second-order valence-electron chi connectivity index (χ2n) is 5.21. The molecule has 0 saturated carbocycles. The van der Waals surface area contributed by atoms with E-state index in [1.54, 1.807) is 7.11 Å². The molecule has 2 aromatic carbocycles. The Labute approximate surface area is 117 Å². The van der Waals surface area contributed by atoms with Crippen LogP contribution in [-0.2, 0) is 4.74 Å². The molecule has 0 atom stereocenters. The molecule has 0 heterocycles. The number of rotatable bonds is 1.